The monoisotopic (exact) mass is 916 g/mol. The molecule has 4 amide bonds. The number of benzene rings is 4. The predicted molar refractivity (Wildman–Crippen MR) is 261 cm³/mol. The van der Waals surface area contributed by atoms with Crippen molar-refractivity contribution in [2.75, 3.05) is 51.0 Å². The van der Waals surface area contributed by atoms with Crippen LogP contribution in [0.15, 0.2) is 84.9 Å². The lowest BCUT2D eigenvalue weighted by Gasteiger charge is -2.53. The van der Waals surface area contributed by atoms with E-state index in [4.69, 9.17) is 9.47 Å². The number of amides is 4. The van der Waals surface area contributed by atoms with E-state index < -0.39 is 10.8 Å². The Morgan fingerprint density at radius 2 is 0.868 bits per heavy atom. The summed E-state index contributed by atoms with van der Waals surface area (Å²) in [5, 5.41) is 25.0. The second kappa shape index (κ2) is 20.9. The summed E-state index contributed by atoms with van der Waals surface area (Å²) >= 11 is 0. The number of likely N-dealkylation sites (tertiary alicyclic amines) is 2. The van der Waals surface area contributed by atoms with Crippen LogP contribution < -0.4 is 10.6 Å². The van der Waals surface area contributed by atoms with Crippen LogP contribution in [0.4, 0.5) is 11.4 Å². The summed E-state index contributed by atoms with van der Waals surface area (Å²) in [6.45, 7) is 6.22. The molecule has 4 fully saturated rings. The van der Waals surface area contributed by atoms with Crippen molar-refractivity contribution < 1.29 is 28.7 Å². The van der Waals surface area contributed by atoms with Crippen LogP contribution in [0, 0.1) is 47.3 Å². The zero-order chi connectivity index (χ0) is 48.0. The fourth-order valence-corrected chi connectivity index (χ4v) is 11.6. The lowest BCUT2D eigenvalue weighted by molar-refractivity contribution is -0.159. The first kappa shape index (κ1) is 48.1. The van der Waals surface area contributed by atoms with Gasteiger partial charge in [-0.1, -0.05) is 36.4 Å². The van der Waals surface area contributed by atoms with Crippen LogP contribution in [0.25, 0.3) is 0 Å². The first-order chi connectivity index (χ1) is 32.9. The Morgan fingerprint density at radius 3 is 1.18 bits per heavy atom. The molecule has 0 bridgehead atoms. The standard InChI is InChI=1S/C56H64N6O6/c1-37-5-11-45(51(63)61-29-21-43(22-30-61)41-13-7-39(35-57)8-14-41)33-49(37)59-53(65)55(25-17-47(67-3)18-26-55)56(27-19-48(68-4)20-28-56)54(66)60-50-34-46(12-6-38(50)2)52(64)62-31-23-44(24-32-62)42-15-9-40(36-58)10-16-42/h5-16,33-34,43-44,47-48H,17-32H2,1-4H3,(H,59,65)(H,60,66). The molecule has 4 aromatic carbocycles. The topological polar surface area (TPSA) is 165 Å². The Morgan fingerprint density at radius 1 is 0.529 bits per heavy atom. The molecule has 0 aromatic heterocycles. The Kier molecular flexibility index (Phi) is 14.8. The predicted octanol–water partition coefficient (Wildman–Crippen LogP) is 9.81. The van der Waals surface area contributed by atoms with E-state index in [0.717, 1.165) is 36.8 Å². The lowest BCUT2D eigenvalue weighted by atomic mass is 9.50. The second-order valence-corrected chi connectivity index (χ2v) is 19.6. The average Bonchev–Trinajstić information content (AvgIpc) is 3.39. The molecule has 8 rings (SSSR count). The van der Waals surface area contributed by atoms with Gasteiger partial charge in [-0.25, -0.2) is 0 Å². The van der Waals surface area contributed by atoms with Crippen molar-refractivity contribution >= 4 is 35.0 Å². The van der Waals surface area contributed by atoms with Crippen LogP contribution in [0.2, 0.25) is 0 Å². The molecule has 68 heavy (non-hydrogen) atoms. The fraction of sp³-hybridized carbons (Fsp3) is 0.464. The molecule has 4 aliphatic rings. The highest BCUT2D eigenvalue weighted by atomic mass is 16.5. The number of piperidine rings is 2. The van der Waals surface area contributed by atoms with Gasteiger partial charge in [0.15, 0.2) is 0 Å². The number of carbonyl (C=O) groups is 4. The summed E-state index contributed by atoms with van der Waals surface area (Å²) in [5.74, 6) is -0.0478. The van der Waals surface area contributed by atoms with Crippen LogP contribution in [0.3, 0.4) is 0 Å². The molecular weight excluding hydrogens is 853 g/mol. The van der Waals surface area contributed by atoms with Gasteiger partial charge in [-0.15, -0.1) is 0 Å². The van der Waals surface area contributed by atoms with Crippen LogP contribution in [-0.4, -0.2) is 86.0 Å². The summed E-state index contributed by atoms with van der Waals surface area (Å²) in [6, 6.07) is 30.7. The molecule has 2 saturated carbocycles. The van der Waals surface area contributed by atoms with Crippen molar-refractivity contribution in [3.05, 3.63) is 129 Å². The third kappa shape index (κ3) is 9.81. The minimum Gasteiger partial charge on any atom is -0.381 e. The first-order valence-corrected chi connectivity index (χ1v) is 24.4. The molecule has 2 N–H and O–H groups in total. The minimum atomic E-state index is -1.12. The summed E-state index contributed by atoms with van der Waals surface area (Å²) in [7, 11) is 3.39. The van der Waals surface area contributed by atoms with Crippen molar-refractivity contribution in [3.63, 3.8) is 0 Å². The number of rotatable bonds is 11. The number of nitrogens with zero attached hydrogens (tertiary/aromatic N) is 4. The molecule has 0 atom stereocenters. The molecule has 0 unspecified atom stereocenters. The summed E-state index contributed by atoms with van der Waals surface area (Å²) in [5.41, 5.74) is 5.08. The maximum Gasteiger partial charge on any atom is 0.253 e. The van der Waals surface area contributed by atoms with Crippen LogP contribution >= 0.6 is 0 Å². The third-order valence-corrected chi connectivity index (χ3v) is 16.1. The number of hydrogen-bond acceptors (Lipinski definition) is 8. The molecule has 2 heterocycles. The maximum absolute atomic E-state index is 15.4. The fourth-order valence-electron chi connectivity index (χ4n) is 11.6. The second-order valence-electron chi connectivity index (χ2n) is 19.6. The normalized spacial score (nSPS) is 23.5. The van der Waals surface area contributed by atoms with E-state index in [9.17, 15) is 20.1 Å². The summed E-state index contributed by atoms with van der Waals surface area (Å²) in [4.78, 5) is 62.7. The summed E-state index contributed by atoms with van der Waals surface area (Å²) < 4.78 is 11.7. The van der Waals surface area contributed by atoms with E-state index in [-0.39, 0.29) is 35.8 Å². The molecule has 0 radical (unpaired) electrons. The highest BCUT2D eigenvalue weighted by molar-refractivity contribution is 6.06. The van der Waals surface area contributed by atoms with Crippen LogP contribution in [-0.2, 0) is 19.1 Å². The molecule has 12 nitrogen and oxygen atoms in total. The van der Waals surface area contributed by atoms with Crippen LogP contribution in [0.5, 0.6) is 0 Å². The largest absolute Gasteiger partial charge is 0.381 e. The van der Waals surface area contributed by atoms with Crippen molar-refractivity contribution in [1.82, 2.24) is 9.80 Å². The van der Waals surface area contributed by atoms with E-state index in [0.29, 0.717) is 123 Å². The van der Waals surface area contributed by atoms with Crippen molar-refractivity contribution in [2.24, 2.45) is 10.8 Å². The molecule has 354 valence electrons. The SMILES string of the molecule is COC1CCC(C(=O)Nc2cc(C(=O)N3CCC(c4ccc(C#N)cc4)CC3)ccc2C)(C2(C(=O)Nc3cc(C(=O)N4CCC(c5ccc(C#N)cc5)CC4)ccc3C)CCC(OC)CC2)CC1. The van der Waals surface area contributed by atoms with E-state index >= 15 is 9.59 Å². The average molecular weight is 917 g/mol. The zero-order valence-electron chi connectivity index (χ0n) is 39.9. The van der Waals surface area contributed by atoms with Gasteiger partial charge in [-0.2, -0.15) is 10.5 Å². The molecule has 4 aromatic rings. The van der Waals surface area contributed by atoms with Gasteiger partial charge in [0.05, 0.1) is 46.3 Å². The molecule has 2 aliphatic heterocycles. The number of anilines is 2. The highest BCUT2D eigenvalue weighted by Gasteiger charge is 2.62. The number of ether oxygens (including phenoxy) is 2. The van der Waals surface area contributed by atoms with Gasteiger partial charge < -0.3 is 29.9 Å². The summed E-state index contributed by atoms with van der Waals surface area (Å²) in [6.07, 6.45) is 7.31. The van der Waals surface area contributed by atoms with Crippen LogP contribution in [0.1, 0.15) is 143 Å². The number of nitriles is 2. The zero-order valence-corrected chi connectivity index (χ0v) is 39.9. The molecule has 2 aliphatic carbocycles. The van der Waals surface area contributed by atoms with E-state index in [1.165, 1.54) is 11.1 Å². The van der Waals surface area contributed by atoms with Gasteiger partial charge >= 0.3 is 0 Å². The van der Waals surface area contributed by atoms with Gasteiger partial charge in [-0.05, 0) is 174 Å². The molecular formula is C56H64N6O6. The van der Waals surface area contributed by atoms with Gasteiger partial charge in [0.25, 0.3) is 11.8 Å². The number of aryl methyl sites for hydroxylation is 2. The van der Waals surface area contributed by atoms with Gasteiger partial charge in [0, 0.05) is 62.9 Å². The maximum atomic E-state index is 15.4. The van der Waals surface area contributed by atoms with Gasteiger partial charge in [0.2, 0.25) is 11.8 Å². The lowest BCUT2D eigenvalue weighted by Crippen LogP contribution is -2.59. The highest BCUT2D eigenvalue weighted by Crippen LogP contribution is 2.58. The van der Waals surface area contributed by atoms with E-state index in [2.05, 4.69) is 22.8 Å². The Labute approximate surface area is 401 Å². The van der Waals surface area contributed by atoms with Crippen molar-refractivity contribution in [1.29, 1.82) is 10.5 Å². The Bertz CT molecular complexity index is 2380. The number of methoxy groups -OCH3 is 2. The Hall–Kier alpha value is -6.34. The molecule has 2 saturated heterocycles. The first-order valence-electron chi connectivity index (χ1n) is 24.4. The van der Waals surface area contributed by atoms with E-state index in [1.54, 1.807) is 26.4 Å². The van der Waals surface area contributed by atoms with Gasteiger partial charge in [0.1, 0.15) is 0 Å². The number of carbonyl (C=O) groups excluding carboxylic acids is 4. The third-order valence-electron chi connectivity index (χ3n) is 16.1. The molecule has 0 spiro atoms. The quantitative estimate of drug-likeness (QED) is 0.150. The van der Waals surface area contributed by atoms with Crippen molar-refractivity contribution in [2.45, 2.75) is 115 Å². The van der Waals surface area contributed by atoms with Gasteiger partial charge in [-0.3, -0.25) is 19.2 Å². The smallest absolute Gasteiger partial charge is 0.253 e. The van der Waals surface area contributed by atoms with E-state index in [1.807, 2.05) is 96.4 Å². The number of hydrogen-bond donors (Lipinski definition) is 2. The Balaban J connectivity index is 1.02. The number of nitrogens with one attached hydrogen (secondary N) is 2. The minimum absolute atomic E-state index is 0.0470. The molecule has 12 heteroatoms. The van der Waals surface area contributed by atoms with Crippen molar-refractivity contribution in [3.8, 4) is 12.1 Å².